The molecule has 0 fully saturated rings. The molecular weight excluding hydrogens is 251 g/mol. The Hall–Kier alpha value is -1.42. The van der Waals surface area contributed by atoms with Crippen LogP contribution in [0.3, 0.4) is 0 Å². The average Bonchev–Trinajstić information content (AvgIpc) is 2.38. The van der Waals surface area contributed by atoms with Gasteiger partial charge in [-0.05, 0) is 35.4 Å². The maximum Gasteiger partial charge on any atom is 0.123 e. The van der Waals surface area contributed by atoms with E-state index >= 15 is 0 Å². The van der Waals surface area contributed by atoms with Crippen LogP contribution in [0.5, 0.6) is 0 Å². The number of hydrogen-bond acceptors (Lipinski definition) is 2. The molecule has 0 spiro atoms. The molecule has 2 aromatic rings. The summed E-state index contributed by atoms with van der Waals surface area (Å²) >= 11 is 5.81. The van der Waals surface area contributed by atoms with Crippen LogP contribution in [0, 0.1) is 5.82 Å². The van der Waals surface area contributed by atoms with Crippen LogP contribution in [0.2, 0.25) is 5.02 Å². The summed E-state index contributed by atoms with van der Waals surface area (Å²) in [6.45, 7) is 0. The molecule has 0 aliphatic heterocycles. The van der Waals surface area contributed by atoms with Gasteiger partial charge in [-0.1, -0.05) is 35.9 Å². The number of halogens is 2. The molecule has 2 unspecified atom stereocenters. The zero-order valence-corrected chi connectivity index (χ0v) is 10.4. The lowest BCUT2D eigenvalue weighted by molar-refractivity contribution is 0.564. The zero-order valence-electron chi connectivity index (χ0n) is 9.68. The van der Waals surface area contributed by atoms with Crippen molar-refractivity contribution in [2.45, 2.75) is 12.1 Å². The molecule has 94 valence electrons. The van der Waals surface area contributed by atoms with E-state index in [1.54, 1.807) is 24.3 Å². The number of rotatable bonds is 3. The highest BCUT2D eigenvalue weighted by atomic mass is 35.5. The van der Waals surface area contributed by atoms with Crippen molar-refractivity contribution in [1.82, 2.24) is 0 Å². The fourth-order valence-corrected chi connectivity index (χ4v) is 1.94. The van der Waals surface area contributed by atoms with E-state index < -0.39 is 12.1 Å². The molecule has 2 aromatic carbocycles. The van der Waals surface area contributed by atoms with Crippen molar-refractivity contribution in [3.05, 3.63) is 70.5 Å². The lowest BCUT2D eigenvalue weighted by Gasteiger charge is -2.20. The Bertz CT molecular complexity index is 528. The lowest BCUT2D eigenvalue weighted by atomic mass is 9.95. The van der Waals surface area contributed by atoms with Gasteiger partial charge in [-0.15, -0.1) is 0 Å². The van der Waals surface area contributed by atoms with Gasteiger partial charge in [0.1, 0.15) is 5.82 Å². The highest BCUT2D eigenvalue weighted by molar-refractivity contribution is 6.30. The minimum Gasteiger partial charge on any atom is -0.322 e. The van der Waals surface area contributed by atoms with Crippen LogP contribution >= 0.6 is 11.6 Å². The SMILES string of the molecule is NC(c1ccc(Cl)cc1)C(N)c1cccc(F)c1. The second-order valence-corrected chi connectivity index (χ2v) is 4.59. The van der Waals surface area contributed by atoms with Crippen molar-refractivity contribution < 1.29 is 4.39 Å². The molecule has 0 heterocycles. The molecule has 4 N–H and O–H groups in total. The van der Waals surface area contributed by atoms with Gasteiger partial charge in [0.25, 0.3) is 0 Å². The van der Waals surface area contributed by atoms with Crippen LogP contribution < -0.4 is 11.5 Å². The molecule has 2 rings (SSSR count). The number of nitrogens with two attached hydrogens (primary N) is 2. The van der Waals surface area contributed by atoms with E-state index in [-0.39, 0.29) is 5.82 Å². The molecule has 0 saturated heterocycles. The largest absolute Gasteiger partial charge is 0.322 e. The van der Waals surface area contributed by atoms with Gasteiger partial charge < -0.3 is 11.5 Å². The van der Waals surface area contributed by atoms with Crippen LogP contribution in [0.25, 0.3) is 0 Å². The quantitative estimate of drug-likeness (QED) is 0.895. The highest BCUT2D eigenvalue weighted by Gasteiger charge is 2.17. The van der Waals surface area contributed by atoms with Gasteiger partial charge in [-0.2, -0.15) is 0 Å². The topological polar surface area (TPSA) is 52.0 Å². The summed E-state index contributed by atoms with van der Waals surface area (Å²) < 4.78 is 13.1. The standard InChI is InChI=1S/C14H14ClFN2/c15-11-6-4-9(5-7-11)13(17)14(18)10-2-1-3-12(16)8-10/h1-8,13-14H,17-18H2. The maximum absolute atomic E-state index is 13.1. The fraction of sp³-hybridized carbons (Fsp3) is 0.143. The summed E-state index contributed by atoms with van der Waals surface area (Å²) in [6.07, 6.45) is 0. The Morgan fingerprint density at radius 2 is 1.50 bits per heavy atom. The van der Waals surface area contributed by atoms with Gasteiger partial charge >= 0.3 is 0 Å². The van der Waals surface area contributed by atoms with E-state index in [0.717, 1.165) is 5.56 Å². The smallest absolute Gasteiger partial charge is 0.123 e. The highest BCUT2D eigenvalue weighted by Crippen LogP contribution is 2.25. The predicted molar refractivity (Wildman–Crippen MR) is 71.7 cm³/mol. The molecule has 0 bridgehead atoms. The molecule has 0 radical (unpaired) electrons. The minimum atomic E-state index is -0.457. The fourth-order valence-electron chi connectivity index (χ4n) is 1.81. The third kappa shape index (κ3) is 2.88. The Balaban J connectivity index is 2.23. The molecule has 2 nitrogen and oxygen atoms in total. The Morgan fingerprint density at radius 3 is 2.11 bits per heavy atom. The van der Waals surface area contributed by atoms with Gasteiger partial charge in [0, 0.05) is 17.1 Å². The molecule has 0 amide bonds. The first kappa shape index (κ1) is 13.0. The van der Waals surface area contributed by atoms with Gasteiger partial charge in [0.15, 0.2) is 0 Å². The van der Waals surface area contributed by atoms with Crippen LogP contribution in [-0.4, -0.2) is 0 Å². The van der Waals surface area contributed by atoms with Crippen molar-refractivity contribution >= 4 is 11.6 Å². The second-order valence-electron chi connectivity index (χ2n) is 4.16. The van der Waals surface area contributed by atoms with E-state index in [2.05, 4.69) is 0 Å². The van der Waals surface area contributed by atoms with Crippen LogP contribution in [-0.2, 0) is 0 Å². The molecule has 0 aliphatic carbocycles. The van der Waals surface area contributed by atoms with E-state index in [4.69, 9.17) is 23.1 Å². The first-order chi connectivity index (χ1) is 8.58. The maximum atomic E-state index is 13.1. The first-order valence-corrected chi connectivity index (χ1v) is 5.98. The second kappa shape index (κ2) is 5.48. The average molecular weight is 265 g/mol. The lowest BCUT2D eigenvalue weighted by Crippen LogP contribution is -2.26. The predicted octanol–water partition coefficient (Wildman–Crippen LogP) is 3.18. The molecule has 0 aromatic heterocycles. The molecule has 18 heavy (non-hydrogen) atoms. The summed E-state index contributed by atoms with van der Waals surface area (Å²) in [4.78, 5) is 0. The van der Waals surface area contributed by atoms with Gasteiger partial charge in [0.2, 0.25) is 0 Å². The first-order valence-electron chi connectivity index (χ1n) is 5.60. The van der Waals surface area contributed by atoms with E-state index in [1.165, 1.54) is 12.1 Å². The third-order valence-corrected chi connectivity index (χ3v) is 3.13. The van der Waals surface area contributed by atoms with Crippen molar-refractivity contribution in [2.24, 2.45) is 11.5 Å². The molecule has 2 atom stereocenters. The van der Waals surface area contributed by atoms with E-state index in [1.807, 2.05) is 12.1 Å². The monoisotopic (exact) mass is 264 g/mol. The van der Waals surface area contributed by atoms with Crippen LogP contribution in [0.15, 0.2) is 48.5 Å². The zero-order chi connectivity index (χ0) is 13.1. The normalized spacial score (nSPS) is 14.2. The summed E-state index contributed by atoms with van der Waals surface area (Å²) in [5, 5.41) is 0.644. The summed E-state index contributed by atoms with van der Waals surface area (Å²) in [5.41, 5.74) is 13.7. The Labute approximate surface area is 110 Å². The van der Waals surface area contributed by atoms with Gasteiger partial charge in [0.05, 0.1) is 0 Å². The number of hydrogen-bond donors (Lipinski definition) is 2. The van der Waals surface area contributed by atoms with Crippen molar-refractivity contribution in [3.8, 4) is 0 Å². The summed E-state index contributed by atoms with van der Waals surface area (Å²) in [6, 6.07) is 12.5. The third-order valence-electron chi connectivity index (χ3n) is 2.88. The van der Waals surface area contributed by atoms with Gasteiger partial charge in [-0.3, -0.25) is 0 Å². The minimum absolute atomic E-state index is 0.314. The summed E-state index contributed by atoms with van der Waals surface area (Å²) in [7, 11) is 0. The van der Waals surface area contributed by atoms with Crippen LogP contribution in [0.4, 0.5) is 4.39 Å². The van der Waals surface area contributed by atoms with Crippen LogP contribution in [0.1, 0.15) is 23.2 Å². The molecule has 4 heteroatoms. The van der Waals surface area contributed by atoms with Crippen molar-refractivity contribution in [3.63, 3.8) is 0 Å². The molecule has 0 aliphatic rings. The van der Waals surface area contributed by atoms with E-state index in [9.17, 15) is 4.39 Å². The van der Waals surface area contributed by atoms with Gasteiger partial charge in [-0.25, -0.2) is 4.39 Å². The van der Waals surface area contributed by atoms with E-state index in [0.29, 0.717) is 10.6 Å². The Kier molecular flexibility index (Phi) is 3.97. The van der Waals surface area contributed by atoms with Crippen molar-refractivity contribution in [2.75, 3.05) is 0 Å². The Morgan fingerprint density at radius 1 is 0.889 bits per heavy atom. The van der Waals surface area contributed by atoms with Crippen molar-refractivity contribution in [1.29, 1.82) is 0 Å². The molecular formula is C14H14ClFN2. The summed E-state index contributed by atoms with van der Waals surface area (Å²) in [5.74, 6) is -0.314. The molecule has 0 saturated carbocycles. The number of benzene rings is 2.